The number of amides is 1. The van der Waals surface area contributed by atoms with Gasteiger partial charge < -0.3 is 10.1 Å². The van der Waals surface area contributed by atoms with Crippen LogP contribution in [0.5, 0.6) is 11.6 Å². The summed E-state index contributed by atoms with van der Waals surface area (Å²) >= 11 is 5.78. The second-order valence-electron chi connectivity index (χ2n) is 4.98. The highest BCUT2D eigenvalue weighted by molar-refractivity contribution is 6.30. The number of nitrogens with zero attached hydrogens (tertiary/aromatic N) is 4. The molecule has 0 saturated heterocycles. The van der Waals surface area contributed by atoms with E-state index in [-0.39, 0.29) is 5.91 Å². The highest BCUT2D eigenvalue weighted by Gasteiger charge is 2.15. The maximum absolute atomic E-state index is 12.2. The van der Waals surface area contributed by atoms with E-state index in [9.17, 15) is 4.79 Å². The number of aromatic nitrogens is 4. The fraction of sp³-hybridized carbons (Fsp3) is 0.125. The third-order valence-corrected chi connectivity index (χ3v) is 3.48. The van der Waals surface area contributed by atoms with Crippen LogP contribution in [-0.2, 0) is 4.79 Å². The van der Waals surface area contributed by atoms with Crippen LogP contribution in [0.25, 0.3) is 0 Å². The molecule has 0 aliphatic rings. The van der Waals surface area contributed by atoms with Crippen molar-refractivity contribution in [3.05, 3.63) is 60.3 Å². The van der Waals surface area contributed by atoms with Crippen LogP contribution >= 0.6 is 11.6 Å². The van der Waals surface area contributed by atoms with Crippen molar-refractivity contribution >= 4 is 23.2 Å². The third-order valence-electron chi connectivity index (χ3n) is 3.26. The zero-order valence-corrected chi connectivity index (χ0v) is 13.5. The number of rotatable bonds is 5. The molecule has 0 radical (unpaired) electrons. The summed E-state index contributed by atoms with van der Waals surface area (Å²) in [4.78, 5) is 20.1. The number of benzene rings is 1. The molecule has 0 saturated carbocycles. The molecule has 1 N–H and O–H groups in total. The summed E-state index contributed by atoms with van der Waals surface area (Å²) in [5, 5.41) is 7.31. The largest absolute Gasteiger partial charge is 0.439 e. The van der Waals surface area contributed by atoms with Gasteiger partial charge in [-0.1, -0.05) is 11.6 Å². The molecule has 1 amide bonds. The summed E-state index contributed by atoms with van der Waals surface area (Å²) in [7, 11) is 0. The fourth-order valence-electron chi connectivity index (χ4n) is 1.93. The normalized spacial score (nSPS) is 11.8. The van der Waals surface area contributed by atoms with Gasteiger partial charge in [-0.25, -0.2) is 14.6 Å². The lowest BCUT2D eigenvalue weighted by Gasteiger charge is -2.12. The molecule has 0 spiro atoms. The van der Waals surface area contributed by atoms with Crippen molar-refractivity contribution in [2.45, 2.75) is 13.0 Å². The van der Waals surface area contributed by atoms with Gasteiger partial charge in [0.2, 0.25) is 11.8 Å². The summed E-state index contributed by atoms with van der Waals surface area (Å²) in [5.41, 5.74) is 0.656. The molecule has 0 aliphatic carbocycles. The van der Waals surface area contributed by atoms with E-state index in [2.05, 4.69) is 20.4 Å². The van der Waals surface area contributed by atoms with Crippen LogP contribution in [0, 0.1) is 0 Å². The summed E-state index contributed by atoms with van der Waals surface area (Å²) in [5.74, 6) is 0.858. The maximum atomic E-state index is 12.2. The number of hydrogen-bond donors (Lipinski definition) is 1. The SMILES string of the molecule is C[C@@H](C(=O)Nc1ccc(Oc2ccc(Cl)cn2)cc1)n1cncn1. The Balaban J connectivity index is 1.62. The molecule has 8 heteroatoms. The molecule has 24 heavy (non-hydrogen) atoms. The van der Waals surface area contributed by atoms with Gasteiger partial charge in [-0.15, -0.1) is 0 Å². The number of pyridine rings is 1. The lowest BCUT2D eigenvalue weighted by molar-refractivity contribution is -0.119. The first-order chi connectivity index (χ1) is 11.6. The topological polar surface area (TPSA) is 81.9 Å². The minimum Gasteiger partial charge on any atom is -0.439 e. The van der Waals surface area contributed by atoms with Gasteiger partial charge in [0.05, 0.1) is 5.02 Å². The number of ether oxygens (including phenoxy) is 1. The van der Waals surface area contributed by atoms with Crippen LogP contribution in [0.2, 0.25) is 5.02 Å². The molecule has 122 valence electrons. The Labute approximate surface area is 143 Å². The summed E-state index contributed by atoms with van der Waals surface area (Å²) in [6.45, 7) is 1.74. The highest BCUT2D eigenvalue weighted by atomic mass is 35.5. The molecular formula is C16H14ClN5O2. The summed E-state index contributed by atoms with van der Waals surface area (Å²) in [6.07, 6.45) is 4.40. The first-order valence-corrected chi connectivity index (χ1v) is 7.54. The lowest BCUT2D eigenvalue weighted by atomic mass is 10.2. The third kappa shape index (κ3) is 3.88. The van der Waals surface area contributed by atoms with Gasteiger partial charge in [0, 0.05) is 18.0 Å². The molecule has 1 atom stereocenters. The van der Waals surface area contributed by atoms with E-state index in [1.54, 1.807) is 43.3 Å². The lowest BCUT2D eigenvalue weighted by Crippen LogP contribution is -2.23. The van der Waals surface area contributed by atoms with Crippen LogP contribution in [-0.4, -0.2) is 25.7 Å². The van der Waals surface area contributed by atoms with Crippen molar-refractivity contribution in [2.75, 3.05) is 5.32 Å². The average Bonchev–Trinajstić information content (AvgIpc) is 3.12. The van der Waals surface area contributed by atoms with Crippen LogP contribution in [0.3, 0.4) is 0 Å². The van der Waals surface area contributed by atoms with Crippen molar-refractivity contribution in [3.63, 3.8) is 0 Å². The predicted octanol–water partition coefficient (Wildman–Crippen LogP) is 3.32. The molecule has 7 nitrogen and oxygen atoms in total. The fourth-order valence-corrected chi connectivity index (χ4v) is 2.05. The number of anilines is 1. The minimum absolute atomic E-state index is 0.187. The molecule has 2 heterocycles. The number of nitrogens with one attached hydrogen (secondary N) is 1. The van der Waals surface area contributed by atoms with Gasteiger partial charge in [0.25, 0.3) is 0 Å². The predicted molar refractivity (Wildman–Crippen MR) is 89.1 cm³/mol. The quantitative estimate of drug-likeness (QED) is 0.768. The molecule has 1 aromatic carbocycles. The molecular weight excluding hydrogens is 330 g/mol. The average molecular weight is 344 g/mol. The monoisotopic (exact) mass is 343 g/mol. The zero-order chi connectivity index (χ0) is 16.9. The van der Waals surface area contributed by atoms with Gasteiger partial charge in [-0.05, 0) is 37.3 Å². The highest BCUT2D eigenvalue weighted by Crippen LogP contribution is 2.22. The summed E-state index contributed by atoms with van der Waals surface area (Å²) < 4.78 is 7.08. The Morgan fingerprint density at radius 3 is 2.67 bits per heavy atom. The molecule has 3 rings (SSSR count). The Hall–Kier alpha value is -2.93. The molecule has 0 aliphatic heterocycles. The van der Waals surface area contributed by atoms with Crippen molar-refractivity contribution < 1.29 is 9.53 Å². The van der Waals surface area contributed by atoms with E-state index in [4.69, 9.17) is 16.3 Å². The molecule has 0 unspecified atom stereocenters. The standard InChI is InChI=1S/C16H14ClN5O2/c1-11(22-10-18-9-20-22)16(23)21-13-3-5-14(6-4-13)24-15-7-2-12(17)8-19-15/h2-11H,1H3,(H,21,23)/t11-/m0/s1. The zero-order valence-electron chi connectivity index (χ0n) is 12.8. The number of carbonyl (C=O) groups excluding carboxylic acids is 1. The van der Waals surface area contributed by atoms with Crippen molar-refractivity contribution in [1.82, 2.24) is 19.7 Å². The first kappa shape index (κ1) is 15.9. The van der Waals surface area contributed by atoms with Crippen LogP contribution < -0.4 is 10.1 Å². The number of hydrogen-bond acceptors (Lipinski definition) is 5. The van der Waals surface area contributed by atoms with Gasteiger partial charge in [0.15, 0.2) is 0 Å². The van der Waals surface area contributed by atoms with Gasteiger partial charge >= 0.3 is 0 Å². The smallest absolute Gasteiger partial charge is 0.249 e. The van der Waals surface area contributed by atoms with E-state index >= 15 is 0 Å². The molecule has 2 aromatic heterocycles. The van der Waals surface area contributed by atoms with E-state index in [0.717, 1.165) is 0 Å². The number of halogens is 1. The maximum Gasteiger partial charge on any atom is 0.249 e. The van der Waals surface area contributed by atoms with E-state index in [1.807, 2.05) is 0 Å². The Bertz CT molecular complexity index is 803. The summed E-state index contributed by atoms with van der Waals surface area (Å²) in [6, 6.07) is 9.90. The van der Waals surface area contributed by atoms with Crippen LogP contribution in [0.1, 0.15) is 13.0 Å². The van der Waals surface area contributed by atoms with E-state index in [1.165, 1.54) is 23.5 Å². The van der Waals surface area contributed by atoms with Gasteiger partial charge in [-0.3, -0.25) is 4.79 Å². The first-order valence-electron chi connectivity index (χ1n) is 7.16. The number of carbonyl (C=O) groups is 1. The molecule has 0 fully saturated rings. The second kappa shape index (κ2) is 7.10. The molecule has 0 bridgehead atoms. The second-order valence-corrected chi connectivity index (χ2v) is 5.42. The van der Waals surface area contributed by atoms with Gasteiger partial charge in [0.1, 0.15) is 24.4 Å². The minimum atomic E-state index is -0.457. The molecule has 3 aromatic rings. The Morgan fingerprint density at radius 1 is 1.25 bits per heavy atom. The van der Waals surface area contributed by atoms with Gasteiger partial charge in [-0.2, -0.15) is 5.10 Å². The van der Waals surface area contributed by atoms with E-state index in [0.29, 0.717) is 22.3 Å². The van der Waals surface area contributed by atoms with Crippen LogP contribution in [0.15, 0.2) is 55.2 Å². The Kier molecular flexibility index (Phi) is 4.72. The van der Waals surface area contributed by atoms with Crippen molar-refractivity contribution in [2.24, 2.45) is 0 Å². The van der Waals surface area contributed by atoms with Crippen LogP contribution in [0.4, 0.5) is 5.69 Å². The van der Waals surface area contributed by atoms with Crippen molar-refractivity contribution in [3.8, 4) is 11.6 Å². The van der Waals surface area contributed by atoms with Crippen molar-refractivity contribution in [1.29, 1.82) is 0 Å². The Morgan fingerprint density at radius 2 is 2.04 bits per heavy atom. The van der Waals surface area contributed by atoms with E-state index < -0.39 is 6.04 Å².